The molecule has 1 unspecified atom stereocenters. The Morgan fingerprint density at radius 3 is 2.77 bits per heavy atom. The molecular weight excluding hydrogens is 483 g/mol. The molecule has 4 aromatic rings. The van der Waals surface area contributed by atoms with Crippen molar-refractivity contribution in [2.24, 2.45) is 5.92 Å². The van der Waals surface area contributed by atoms with Gasteiger partial charge in [-0.25, -0.2) is 0 Å². The van der Waals surface area contributed by atoms with Crippen molar-refractivity contribution in [1.82, 2.24) is 19.7 Å². The van der Waals surface area contributed by atoms with E-state index in [4.69, 9.17) is 27.9 Å². The average molecular weight is 511 g/mol. The number of nitrogens with one attached hydrogen (secondary N) is 1. The highest BCUT2D eigenvalue weighted by Crippen LogP contribution is 2.35. The molecular formula is C27H28Cl2N4O2. The summed E-state index contributed by atoms with van der Waals surface area (Å²) in [7, 11) is 0. The quantitative estimate of drug-likeness (QED) is 0.290. The van der Waals surface area contributed by atoms with Crippen molar-refractivity contribution < 1.29 is 9.53 Å². The minimum Gasteiger partial charge on any atom is -0.493 e. The zero-order chi connectivity index (χ0) is 24.5. The van der Waals surface area contributed by atoms with Gasteiger partial charge in [-0.05, 0) is 54.9 Å². The number of carbonyl (C=O) groups excluding carboxylic acids is 1. The van der Waals surface area contributed by atoms with Gasteiger partial charge in [-0.2, -0.15) is 5.10 Å². The largest absolute Gasteiger partial charge is 0.493 e. The van der Waals surface area contributed by atoms with E-state index >= 15 is 0 Å². The molecule has 6 nitrogen and oxygen atoms in total. The first-order valence-corrected chi connectivity index (χ1v) is 12.7. The normalized spacial score (nSPS) is 15.4. The Balaban J connectivity index is 1.52. The third kappa shape index (κ3) is 4.70. The first-order valence-electron chi connectivity index (χ1n) is 12.0. The van der Waals surface area contributed by atoms with Crippen LogP contribution in [0.4, 0.5) is 0 Å². The number of Topliss-reactive ketones (excluding diaryl/α,β-unsaturated/α-hetero) is 1. The number of H-pyrrole nitrogens is 1. The molecule has 8 heteroatoms. The first-order chi connectivity index (χ1) is 17.0. The van der Waals surface area contributed by atoms with E-state index in [2.05, 4.69) is 39.6 Å². The lowest BCUT2D eigenvalue weighted by Crippen LogP contribution is -2.28. The van der Waals surface area contributed by atoms with Gasteiger partial charge < -0.3 is 14.2 Å². The van der Waals surface area contributed by atoms with Gasteiger partial charge >= 0.3 is 0 Å². The number of carbonyl (C=O) groups is 1. The minimum absolute atomic E-state index is 0.0938. The maximum atomic E-state index is 13.8. The fraction of sp³-hybridized carbons (Fsp3) is 0.333. The van der Waals surface area contributed by atoms with Gasteiger partial charge in [0.15, 0.2) is 5.78 Å². The van der Waals surface area contributed by atoms with Crippen molar-refractivity contribution >= 4 is 39.9 Å². The lowest BCUT2D eigenvalue weighted by atomic mass is 9.89. The van der Waals surface area contributed by atoms with E-state index in [0.717, 1.165) is 65.1 Å². The summed E-state index contributed by atoms with van der Waals surface area (Å²) in [5.74, 6) is 0.642. The number of ketones is 1. The van der Waals surface area contributed by atoms with Crippen molar-refractivity contribution in [2.45, 2.75) is 26.8 Å². The van der Waals surface area contributed by atoms with Crippen LogP contribution in [0, 0.1) is 5.92 Å². The molecule has 0 radical (unpaired) electrons. The van der Waals surface area contributed by atoms with Crippen LogP contribution in [0.25, 0.3) is 22.0 Å². The maximum Gasteiger partial charge on any atom is 0.171 e. The van der Waals surface area contributed by atoms with Gasteiger partial charge in [0.2, 0.25) is 0 Å². The number of aromatic nitrogens is 3. The highest BCUT2D eigenvalue weighted by atomic mass is 35.5. The fourth-order valence-electron chi connectivity index (χ4n) is 4.85. The Kier molecular flexibility index (Phi) is 6.87. The Bertz CT molecular complexity index is 1370. The Morgan fingerprint density at radius 2 is 2.03 bits per heavy atom. The molecule has 1 N–H and O–H groups in total. The highest BCUT2D eigenvalue weighted by molar-refractivity contribution is 6.32. The molecule has 0 saturated heterocycles. The predicted octanol–water partition coefficient (Wildman–Crippen LogP) is 6.11. The Morgan fingerprint density at radius 1 is 1.20 bits per heavy atom. The van der Waals surface area contributed by atoms with Gasteiger partial charge in [-0.15, -0.1) is 0 Å². The van der Waals surface area contributed by atoms with E-state index in [1.807, 2.05) is 36.5 Å². The number of benzene rings is 2. The monoisotopic (exact) mass is 510 g/mol. The summed E-state index contributed by atoms with van der Waals surface area (Å²) in [4.78, 5) is 16.1. The molecule has 1 aliphatic rings. The predicted molar refractivity (Wildman–Crippen MR) is 141 cm³/mol. The number of hydrogen-bond donors (Lipinski definition) is 1. The molecule has 0 bridgehead atoms. The van der Waals surface area contributed by atoms with E-state index in [1.165, 1.54) is 0 Å². The van der Waals surface area contributed by atoms with Crippen LogP contribution in [0.1, 0.15) is 29.8 Å². The highest BCUT2D eigenvalue weighted by Gasteiger charge is 2.29. The van der Waals surface area contributed by atoms with Gasteiger partial charge in [0, 0.05) is 46.3 Å². The lowest BCUT2D eigenvalue weighted by Gasteiger charge is -2.24. The van der Waals surface area contributed by atoms with Crippen molar-refractivity contribution in [2.75, 3.05) is 26.2 Å². The number of fused-ring (bicyclic) bond motifs is 2. The van der Waals surface area contributed by atoms with Crippen molar-refractivity contribution in [3.8, 4) is 16.9 Å². The second-order valence-corrected chi connectivity index (χ2v) is 9.74. The molecule has 2 aromatic carbocycles. The molecule has 3 heterocycles. The van der Waals surface area contributed by atoms with Gasteiger partial charge in [-0.1, -0.05) is 49.2 Å². The van der Waals surface area contributed by atoms with Gasteiger partial charge in [-0.3, -0.25) is 9.89 Å². The van der Waals surface area contributed by atoms with Crippen LogP contribution in [-0.2, 0) is 13.0 Å². The molecule has 0 amide bonds. The molecule has 0 saturated carbocycles. The molecule has 35 heavy (non-hydrogen) atoms. The fourth-order valence-corrected chi connectivity index (χ4v) is 5.25. The van der Waals surface area contributed by atoms with Crippen molar-refractivity contribution in [3.05, 3.63) is 70.1 Å². The molecule has 5 rings (SSSR count). The van der Waals surface area contributed by atoms with Gasteiger partial charge in [0.25, 0.3) is 0 Å². The SMILES string of the molecule is CCN(CC)CCn1cc(C(=O)C2COc3ccc(Cl)cc3C2)c2ccc(-c3cn[nH]c3Cl)cc21. The molecule has 2 aromatic heterocycles. The van der Waals surface area contributed by atoms with E-state index < -0.39 is 0 Å². The molecule has 1 atom stereocenters. The van der Waals surface area contributed by atoms with Crippen LogP contribution in [0.15, 0.2) is 48.8 Å². The molecule has 182 valence electrons. The Hall–Kier alpha value is -2.80. The summed E-state index contributed by atoms with van der Waals surface area (Å²) >= 11 is 12.5. The summed E-state index contributed by atoms with van der Waals surface area (Å²) in [6, 6.07) is 11.7. The maximum absolute atomic E-state index is 13.8. The number of halogens is 2. The van der Waals surface area contributed by atoms with Crippen LogP contribution in [0.3, 0.4) is 0 Å². The smallest absolute Gasteiger partial charge is 0.171 e. The van der Waals surface area contributed by atoms with Crippen LogP contribution in [0.5, 0.6) is 5.75 Å². The van der Waals surface area contributed by atoms with E-state index in [-0.39, 0.29) is 11.7 Å². The Labute approximate surface area is 214 Å². The topological polar surface area (TPSA) is 63.1 Å². The standard InChI is InChI=1S/C27H28Cl2N4O2/c1-3-32(4-2)9-10-33-15-23(21-7-5-17(13-24(21)33)22-14-30-31-27(22)29)26(34)19-11-18-12-20(28)6-8-25(18)35-16-19/h5-8,12-15,19H,3-4,9-11,16H2,1-2H3,(H,30,31). The van der Waals surface area contributed by atoms with Crippen LogP contribution >= 0.6 is 23.2 Å². The van der Waals surface area contributed by atoms with Crippen molar-refractivity contribution in [3.63, 3.8) is 0 Å². The molecule has 0 spiro atoms. The second kappa shape index (κ2) is 10.1. The average Bonchev–Trinajstić information content (AvgIpc) is 3.46. The third-order valence-electron chi connectivity index (χ3n) is 6.90. The van der Waals surface area contributed by atoms with E-state index in [0.29, 0.717) is 23.2 Å². The number of likely N-dealkylation sites (N-methyl/N-ethyl adjacent to an activating group) is 1. The molecule has 0 aliphatic carbocycles. The first kappa shape index (κ1) is 23.9. The van der Waals surface area contributed by atoms with E-state index in [9.17, 15) is 4.79 Å². The number of aromatic amines is 1. The summed E-state index contributed by atoms with van der Waals surface area (Å²) < 4.78 is 8.11. The van der Waals surface area contributed by atoms with Gasteiger partial charge in [0.1, 0.15) is 10.9 Å². The summed E-state index contributed by atoms with van der Waals surface area (Å²) in [6.45, 7) is 8.35. The number of hydrogen-bond acceptors (Lipinski definition) is 4. The zero-order valence-electron chi connectivity index (χ0n) is 19.9. The lowest BCUT2D eigenvalue weighted by molar-refractivity contribution is 0.0856. The number of ether oxygens (including phenoxy) is 1. The summed E-state index contributed by atoms with van der Waals surface area (Å²) in [5.41, 5.74) is 4.51. The summed E-state index contributed by atoms with van der Waals surface area (Å²) in [6.07, 6.45) is 4.34. The van der Waals surface area contributed by atoms with E-state index in [1.54, 1.807) is 6.20 Å². The molecule has 0 fully saturated rings. The van der Waals surface area contributed by atoms with Crippen LogP contribution in [-0.4, -0.2) is 51.7 Å². The minimum atomic E-state index is -0.259. The zero-order valence-corrected chi connectivity index (χ0v) is 21.4. The number of rotatable bonds is 8. The van der Waals surface area contributed by atoms with Crippen LogP contribution < -0.4 is 4.74 Å². The van der Waals surface area contributed by atoms with Gasteiger partial charge in [0.05, 0.1) is 18.7 Å². The molecule has 1 aliphatic heterocycles. The summed E-state index contributed by atoms with van der Waals surface area (Å²) in [5, 5.41) is 8.93. The second-order valence-electron chi connectivity index (χ2n) is 8.92. The number of nitrogens with zero attached hydrogens (tertiary/aromatic N) is 3. The van der Waals surface area contributed by atoms with Crippen molar-refractivity contribution in [1.29, 1.82) is 0 Å². The third-order valence-corrected chi connectivity index (χ3v) is 7.43. The van der Waals surface area contributed by atoms with Crippen LogP contribution in [0.2, 0.25) is 10.2 Å².